The number of ether oxygens (including phenoxy) is 1. The monoisotopic (exact) mass is 406 g/mol. The van der Waals surface area contributed by atoms with Crippen LogP contribution in [0.5, 0.6) is 0 Å². The third-order valence-electron chi connectivity index (χ3n) is 3.92. The number of halogens is 3. The van der Waals surface area contributed by atoms with E-state index in [-0.39, 0.29) is 5.91 Å². The number of amides is 1. The van der Waals surface area contributed by atoms with Gasteiger partial charge in [0.2, 0.25) is 0 Å². The number of para-hydroxylation sites is 1. The molecular weight excluding hydrogens is 389 g/mol. The van der Waals surface area contributed by atoms with Crippen molar-refractivity contribution in [3.63, 3.8) is 0 Å². The van der Waals surface area contributed by atoms with Gasteiger partial charge in [-0.2, -0.15) is 13.2 Å². The second-order valence-corrected chi connectivity index (χ2v) is 6.92. The number of alkyl halides is 3. The normalized spacial score (nSPS) is 17.7. The molecule has 2 aromatic carbocycles. The van der Waals surface area contributed by atoms with Gasteiger partial charge < -0.3 is 4.74 Å². The largest absolute Gasteiger partial charge is 0.416 e. The van der Waals surface area contributed by atoms with Crippen LogP contribution in [0.15, 0.2) is 64.5 Å². The molecule has 0 aliphatic carbocycles. The Morgan fingerprint density at radius 2 is 1.79 bits per heavy atom. The average Bonchev–Trinajstić information content (AvgIpc) is 2.95. The van der Waals surface area contributed by atoms with Gasteiger partial charge in [0.05, 0.1) is 29.3 Å². The number of carbonyl (C=O) groups excluding carboxylic acids is 1. The highest BCUT2D eigenvalue weighted by Crippen LogP contribution is 2.35. The van der Waals surface area contributed by atoms with Crippen LogP contribution in [-0.2, 0) is 15.7 Å². The molecule has 1 fully saturated rings. The third kappa shape index (κ3) is 4.82. The van der Waals surface area contributed by atoms with E-state index in [1.807, 2.05) is 30.3 Å². The van der Waals surface area contributed by atoms with Crippen LogP contribution < -0.4 is 0 Å². The van der Waals surface area contributed by atoms with Crippen LogP contribution in [-0.4, -0.2) is 36.2 Å². The topological polar surface area (TPSA) is 41.9 Å². The lowest BCUT2D eigenvalue weighted by molar-refractivity contribution is -0.137. The van der Waals surface area contributed by atoms with E-state index in [0.717, 1.165) is 12.1 Å². The van der Waals surface area contributed by atoms with Gasteiger partial charge in [-0.3, -0.25) is 9.69 Å². The molecule has 3 rings (SSSR count). The summed E-state index contributed by atoms with van der Waals surface area (Å²) in [6, 6.07) is 13.9. The molecule has 0 spiro atoms. The Morgan fingerprint density at radius 3 is 2.39 bits per heavy atom. The lowest BCUT2D eigenvalue weighted by Gasteiger charge is -2.14. The molecule has 0 saturated carbocycles. The van der Waals surface area contributed by atoms with Crippen molar-refractivity contribution in [3.8, 4) is 0 Å². The molecule has 1 amide bonds. The number of hydrogen-bond donors (Lipinski definition) is 0. The SMILES string of the molecule is COCCN1C(=O)C(=Cc2ccc(C(F)(F)F)cc2)SC1=Nc1ccccc1. The highest BCUT2D eigenvalue weighted by atomic mass is 32.2. The summed E-state index contributed by atoms with van der Waals surface area (Å²) in [4.78, 5) is 19.2. The van der Waals surface area contributed by atoms with Crippen molar-refractivity contribution >= 4 is 34.6 Å². The standard InChI is InChI=1S/C20H17F3N2O2S/c1-27-12-11-25-18(26)17(28-19(25)24-16-5-3-2-4-6-16)13-14-7-9-15(10-8-14)20(21,22)23/h2-10,13H,11-12H2,1H3. The van der Waals surface area contributed by atoms with Crippen molar-refractivity contribution in [1.29, 1.82) is 0 Å². The number of carbonyl (C=O) groups is 1. The number of benzene rings is 2. The van der Waals surface area contributed by atoms with E-state index >= 15 is 0 Å². The van der Waals surface area contributed by atoms with E-state index in [1.165, 1.54) is 28.8 Å². The van der Waals surface area contributed by atoms with E-state index in [2.05, 4.69) is 4.99 Å². The molecule has 1 aliphatic rings. The number of amidine groups is 1. The lowest BCUT2D eigenvalue weighted by atomic mass is 10.1. The van der Waals surface area contributed by atoms with Gasteiger partial charge in [-0.05, 0) is 47.7 Å². The molecule has 1 heterocycles. The molecule has 0 N–H and O–H groups in total. The number of methoxy groups -OCH3 is 1. The van der Waals surface area contributed by atoms with Gasteiger partial charge in [0.15, 0.2) is 5.17 Å². The fourth-order valence-corrected chi connectivity index (χ4v) is 3.53. The molecule has 0 atom stereocenters. The van der Waals surface area contributed by atoms with Crippen molar-refractivity contribution in [2.45, 2.75) is 6.18 Å². The van der Waals surface area contributed by atoms with Gasteiger partial charge in [0, 0.05) is 7.11 Å². The van der Waals surface area contributed by atoms with E-state index in [0.29, 0.717) is 34.5 Å². The molecular formula is C20H17F3N2O2S. The predicted molar refractivity (Wildman–Crippen MR) is 104 cm³/mol. The minimum absolute atomic E-state index is 0.253. The third-order valence-corrected chi connectivity index (χ3v) is 4.93. The minimum atomic E-state index is -4.39. The van der Waals surface area contributed by atoms with Crippen LogP contribution in [0, 0.1) is 0 Å². The number of hydrogen-bond acceptors (Lipinski definition) is 4. The summed E-state index contributed by atoms with van der Waals surface area (Å²) < 4.78 is 43.2. The number of rotatable bonds is 5. The maximum absolute atomic E-state index is 12.8. The van der Waals surface area contributed by atoms with Gasteiger partial charge in [-0.15, -0.1) is 0 Å². The van der Waals surface area contributed by atoms with Gasteiger partial charge in [0.25, 0.3) is 5.91 Å². The molecule has 2 aromatic rings. The van der Waals surface area contributed by atoms with Gasteiger partial charge in [-0.25, -0.2) is 4.99 Å². The maximum Gasteiger partial charge on any atom is 0.416 e. The molecule has 1 aliphatic heterocycles. The summed E-state index contributed by atoms with van der Waals surface area (Å²) in [5, 5.41) is 0.506. The van der Waals surface area contributed by atoms with Crippen molar-refractivity contribution in [2.24, 2.45) is 4.99 Å². The summed E-state index contributed by atoms with van der Waals surface area (Å²) in [6.45, 7) is 0.673. The first-order valence-corrected chi connectivity index (χ1v) is 9.21. The average molecular weight is 406 g/mol. The molecule has 1 saturated heterocycles. The zero-order chi connectivity index (χ0) is 20.1. The molecule has 0 aromatic heterocycles. The zero-order valence-electron chi connectivity index (χ0n) is 14.9. The van der Waals surface area contributed by atoms with Crippen LogP contribution in [0.1, 0.15) is 11.1 Å². The first-order chi connectivity index (χ1) is 13.4. The maximum atomic E-state index is 12.8. The van der Waals surface area contributed by atoms with E-state index in [4.69, 9.17) is 4.74 Å². The Hall–Kier alpha value is -2.58. The van der Waals surface area contributed by atoms with Crippen molar-refractivity contribution < 1.29 is 22.7 Å². The number of nitrogens with zero attached hydrogens (tertiary/aromatic N) is 2. The Bertz CT molecular complexity index is 894. The molecule has 28 heavy (non-hydrogen) atoms. The first kappa shape index (κ1) is 20.2. The molecule has 0 bridgehead atoms. The van der Waals surface area contributed by atoms with Crippen molar-refractivity contribution in [3.05, 3.63) is 70.6 Å². The summed E-state index contributed by atoms with van der Waals surface area (Å²) >= 11 is 1.19. The van der Waals surface area contributed by atoms with E-state index in [1.54, 1.807) is 13.2 Å². The van der Waals surface area contributed by atoms with E-state index in [9.17, 15) is 18.0 Å². The lowest BCUT2D eigenvalue weighted by Crippen LogP contribution is -2.32. The summed E-state index contributed by atoms with van der Waals surface area (Å²) in [6.07, 6.45) is -2.82. The number of aliphatic imine (C=N–C) groups is 1. The highest BCUT2D eigenvalue weighted by Gasteiger charge is 2.33. The Labute approximate surface area is 164 Å². The highest BCUT2D eigenvalue weighted by molar-refractivity contribution is 8.18. The summed E-state index contributed by atoms with van der Waals surface area (Å²) in [5.41, 5.74) is 0.487. The van der Waals surface area contributed by atoms with Crippen LogP contribution in [0.4, 0.5) is 18.9 Å². The van der Waals surface area contributed by atoms with E-state index < -0.39 is 11.7 Å². The number of thioether (sulfide) groups is 1. The van der Waals surface area contributed by atoms with Gasteiger partial charge in [0.1, 0.15) is 0 Å². The fraction of sp³-hybridized carbons (Fsp3) is 0.200. The Morgan fingerprint density at radius 1 is 1.11 bits per heavy atom. The van der Waals surface area contributed by atoms with Crippen LogP contribution in [0.2, 0.25) is 0 Å². The quantitative estimate of drug-likeness (QED) is 0.660. The van der Waals surface area contributed by atoms with Crippen LogP contribution in [0.25, 0.3) is 6.08 Å². The zero-order valence-corrected chi connectivity index (χ0v) is 15.8. The second kappa shape index (κ2) is 8.62. The molecule has 8 heteroatoms. The summed E-state index contributed by atoms with van der Waals surface area (Å²) in [5.74, 6) is -0.253. The van der Waals surface area contributed by atoms with Crippen molar-refractivity contribution in [1.82, 2.24) is 4.90 Å². The summed E-state index contributed by atoms with van der Waals surface area (Å²) in [7, 11) is 1.54. The molecule has 0 unspecified atom stereocenters. The smallest absolute Gasteiger partial charge is 0.383 e. The fourth-order valence-electron chi connectivity index (χ4n) is 2.50. The molecule has 0 radical (unpaired) electrons. The second-order valence-electron chi connectivity index (χ2n) is 5.91. The predicted octanol–water partition coefficient (Wildman–Crippen LogP) is 4.96. The van der Waals surface area contributed by atoms with Crippen LogP contribution >= 0.6 is 11.8 Å². The Kier molecular flexibility index (Phi) is 6.21. The van der Waals surface area contributed by atoms with Gasteiger partial charge >= 0.3 is 6.18 Å². The van der Waals surface area contributed by atoms with Crippen LogP contribution in [0.3, 0.4) is 0 Å². The Balaban J connectivity index is 1.88. The molecule has 4 nitrogen and oxygen atoms in total. The molecule has 146 valence electrons. The first-order valence-electron chi connectivity index (χ1n) is 8.40. The van der Waals surface area contributed by atoms with Gasteiger partial charge in [-0.1, -0.05) is 30.3 Å². The van der Waals surface area contributed by atoms with Crippen molar-refractivity contribution in [2.75, 3.05) is 20.3 Å². The minimum Gasteiger partial charge on any atom is -0.383 e.